The molecule has 0 aliphatic carbocycles. The number of carbonyl (C=O) groups excluding carboxylic acids is 3. The Morgan fingerprint density at radius 1 is 1.18 bits per heavy atom. The number of likely N-dealkylation sites (N-methyl/N-ethyl adjacent to an activating group) is 1. The predicted molar refractivity (Wildman–Crippen MR) is 138 cm³/mol. The molecule has 188 valence electrons. The second-order valence-electron chi connectivity index (χ2n) is 9.01. The lowest BCUT2D eigenvalue weighted by Crippen LogP contribution is -2.54. The quantitative estimate of drug-likeness (QED) is 0.379. The topological polar surface area (TPSA) is 111 Å². The highest BCUT2D eigenvalue weighted by Crippen LogP contribution is 2.51. The minimum absolute atomic E-state index is 0.0667. The van der Waals surface area contributed by atoms with Crippen LogP contribution in [0.2, 0.25) is 0 Å². The van der Waals surface area contributed by atoms with Gasteiger partial charge in [0.2, 0.25) is 11.8 Å². The molecular weight excluding hydrogens is 472 g/mol. The van der Waals surface area contributed by atoms with Gasteiger partial charge >= 0.3 is 0 Å². The number of nitrogens with zero attached hydrogens (tertiary/aromatic N) is 1. The standard InChI is InChI=1S/C24H36N4O4S2/c1-4-8-18(27-22(31)19-13-24(15-28(19)3)33-11-12-34-24)21(30)23(32)25-14-20(29)26-16(2)17-9-6-5-7-10-17/h5-7,9-10,16,18-19,21,30H,4,8,11-15H2,1-3H3,(H,25,32)(H,26,29)(H,27,31)/t16-,18?,19?,21?/m1/s1. The molecule has 10 heteroatoms. The number of thioether (sulfide) groups is 2. The third-order valence-electron chi connectivity index (χ3n) is 6.32. The van der Waals surface area contributed by atoms with E-state index in [0.717, 1.165) is 30.0 Å². The van der Waals surface area contributed by atoms with E-state index >= 15 is 0 Å². The van der Waals surface area contributed by atoms with Crippen LogP contribution in [0.5, 0.6) is 0 Å². The molecule has 0 saturated carbocycles. The molecular formula is C24H36N4O4S2. The number of likely N-dealkylation sites (tertiary alicyclic amines) is 1. The molecule has 2 heterocycles. The summed E-state index contributed by atoms with van der Waals surface area (Å²) >= 11 is 3.84. The number of carbonyl (C=O) groups is 3. The molecule has 1 spiro atoms. The van der Waals surface area contributed by atoms with Crippen molar-refractivity contribution in [3.63, 3.8) is 0 Å². The molecule has 1 aromatic carbocycles. The van der Waals surface area contributed by atoms with Crippen LogP contribution in [-0.2, 0) is 14.4 Å². The molecule has 2 aliphatic rings. The summed E-state index contributed by atoms with van der Waals surface area (Å²) in [6, 6.07) is 8.33. The van der Waals surface area contributed by atoms with E-state index in [2.05, 4.69) is 20.9 Å². The molecule has 2 saturated heterocycles. The number of benzene rings is 1. The number of hydrogen-bond donors (Lipinski definition) is 4. The van der Waals surface area contributed by atoms with Crippen molar-refractivity contribution in [1.82, 2.24) is 20.9 Å². The minimum atomic E-state index is -1.43. The van der Waals surface area contributed by atoms with E-state index in [1.54, 1.807) is 0 Å². The Morgan fingerprint density at radius 2 is 1.85 bits per heavy atom. The maximum atomic E-state index is 13.1. The van der Waals surface area contributed by atoms with Crippen molar-refractivity contribution in [3.05, 3.63) is 35.9 Å². The Morgan fingerprint density at radius 3 is 2.50 bits per heavy atom. The smallest absolute Gasteiger partial charge is 0.251 e. The van der Waals surface area contributed by atoms with Gasteiger partial charge in [0.1, 0.15) is 0 Å². The lowest BCUT2D eigenvalue weighted by Gasteiger charge is -2.26. The van der Waals surface area contributed by atoms with E-state index in [9.17, 15) is 19.5 Å². The normalized spacial score (nSPS) is 22.2. The van der Waals surface area contributed by atoms with Gasteiger partial charge < -0.3 is 21.1 Å². The highest BCUT2D eigenvalue weighted by Gasteiger charge is 2.48. The van der Waals surface area contributed by atoms with Crippen molar-refractivity contribution in [3.8, 4) is 0 Å². The Bertz CT molecular complexity index is 851. The first-order valence-electron chi connectivity index (χ1n) is 11.8. The maximum absolute atomic E-state index is 13.1. The van der Waals surface area contributed by atoms with Gasteiger partial charge in [-0.1, -0.05) is 43.7 Å². The van der Waals surface area contributed by atoms with Crippen LogP contribution >= 0.6 is 23.5 Å². The predicted octanol–water partition coefficient (Wildman–Crippen LogP) is 1.51. The summed E-state index contributed by atoms with van der Waals surface area (Å²) in [4.78, 5) is 40.0. The second-order valence-corrected chi connectivity index (χ2v) is 12.2. The fourth-order valence-electron chi connectivity index (χ4n) is 4.48. The lowest BCUT2D eigenvalue weighted by atomic mass is 10.0. The van der Waals surface area contributed by atoms with Gasteiger partial charge in [0.25, 0.3) is 5.91 Å². The van der Waals surface area contributed by atoms with Gasteiger partial charge in [-0.15, -0.1) is 23.5 Å². The van der Waals surface area contributed by atoms with Crippen molar-refractivity contribution in [2.45, 2.75) is 61.4 Å². The summed E-state index contributed by atoms with van der Waals surface area (Å²) in [7, 11) is 1.95. The van der Waals surface area contributed by atoms with Crippen LogP contribution in [0, 0.1) is 0 Å². The average Bonchev–Trinajstić information content (AvgIpc) is 3.42. The largest absolute Gasteiger partial charge is 0.381 e. The Labute approximate surface area is 210 Å². The van der Waals surface area contributed by atoms with Gasteiger partial charge in [-0.25, -0.2) is 0 Å². The highest BCUT2D eigenvalue weighted by molar-refractivity contribution is 8.21. The lowest BCUT2D eigenvalue weighted by molar-refractivity contribution is -0.135. The molecule has 3 unspecified atom stereocenters. The first-order valence-corrected chi connectivity index (χ1v) is 13.8. The van der Waals surface area contributed by atoms with Gasteiger partial charge in [-0.3, -0.25) is 19.3 Å². The summed E-state index contributed by atoms with van der Waals surface area (Å²) in [6.45, 7) is 4.40. The summed E-state index contributed by atoms with van der Waals surface area (Å²) in [6.07, 6.45) is 0.480. The number of aliphatic hydroxyl groups is 1. The summed E-state index contributed by atoms with van der Waals surface area (Å²) in [5.41, 5.74) is 0.959. The van der Waals surface area contributed by atoms with E-state index in [1.165, 1.54) is 0 Å². The van der Waals surface area contributed by atoms with Crippen LogP contribution in [0.4, 0.5) is 0 Å². The average molecular weight is 509 g/mol. The van der Waals surface area contributed by atoms with Gasteiger partial charge in [0.05, 0.1) is 28.7 Å². The monoisotopic (exact) mass is 508 g/mol. The Balaban J connectivity index is 1.50. The molecule has 8 nitrogen and oxygen atoms in total. The molecule has 4 atom stereocenters. The molecule has 3 amide bonds. The Kier molecular flexibility index (Phi) is 9.70. The molecule has 0 radical (unpaired) electrons. The van der Waals surface area contributed by atoms with Crippen LogP contribution in [0.3, 0.4) is 0 Å². The fourth-order valence-corrected chi connectivity index (χ4v) is 7.86. The zero-order valence-corrected chi connectivity index (χ0v) is 21.7. The molecule has 0 bridgehead atoms. The molecule has 4 N–H and O–H groups in total. The first-order chi connectivity index (χ1) is 16.2. The molecule has 2 aliphatic heterocycles. The fraction of sp³-hybridized carbons (Fsp3) is 0.625. The zero-order chi connectivity index (χ0) is 24.7. The number of rotatable bonds is 10. The summed E-state index contributed by atoms with van der Waals surface area (Å²) in [5.74, 6) is 1.02. The molecule has 0 aromatic heterocycles. The van der Waals surface area contributed by atoms with E-state index in [4.69, 9.17) is 0 Å². The van der Waals surface area contributed by atoms with E-state index in [-0.39, 0.29) is 34.5 Å². The van der Waals surface area contributed by atoms with E-state index in [0.29, 0.717) is 12.8 Å². The maximum Gasteiger partial charge on any atom is 0.251 e. The van der Waals surface area contributed by atoms with Gasteiger partial charge in [-0.2, -0.15) is 0 Å². The number of hydrogen-bond acceptors (Lipinski definition) is 7. The van der Waals surface area contributed by atoms with E-state index in [1.807, 2.05) is 74.8 Å². The van der Waals surface area contributed by atoms with Crippen molar-refractivity contribution in [2.75, 3.05) is 31.6 Å². The van der Waals surface area contributed by atoms with Gasteiger partial charge in [0.15, 0.2) is 6.10 Å². The van der Waals surface area contributed by atoms with Crippen molar-refractivity contribution in [2.24, 2.45) is 0 Å². The molecule has 3 rings (SSSR count). The van der Waals surface area contributed by atoms with Crippen molar-refractivity contribution < 1.29 is 19.5 Å². The van der Waals surface area contributed by atoms with Crippen LogP contribution in [0.1, 0.15) is 44.7 Å². The van der Waals surface area contributed by atoms with E-state index < -0.39 is 18.1 Å². The molecule has 2 fully saturated rings. The highest BCUT2D eigenvalue weighted by atomic mass is 32.2. The number of nitrogens with one attached hydrogen (secondary N) is 3. The van der Waals surface area contributed by atoms with Gasteiger partial charge in [0, 0.05) is 18.1 Å². The van der Waals surface area contributed by atoms with Crippen molar-refractivity contribution >= 4 is 41.2 Å². The first kappa shape index (κ1) is 26.8. The van der Waals surface area contributed by atoms with Crippen molar-refractivity contribution in [1.29, 1.82) is 0 Å². The third-order valence-corrected chi connectivity index (χ3v) is 9.75. The molecule has 1 aromatic rings. The Hall–Kier alpha value is -1.75. The minimum Gasteiger partial charge on any atom is -0.381 e. The zero-order valence-electron chi connectivity index (χ0n) is 20.1. The van der Waals surface area contributed by atoms with Crippen LogP contribution in [0.15, 0.2) is 30.3 Å². The molecule has 34 heavy (non-hydrogen) atoms. The summed E-state index contributed by atoms with van der Waals surface area (Å²) < 4.78 is 0.0667. The van der Waals surface area contributed by atoms with Gasteiger partial charge in [-0.05, 0) is 32.4 Å². The summed E-state index contributed by atoms with van der Waals surface area (Å²) in [5, 5.41) is 18.9. The number of aliphatic hydroxyl groups excluding tert-OH is 1. The second kappa shape index (κ2) is 12.3. The van der Waals surface area contributed by atoms with Crippen LogP contribution in [-0.4, -0.2) is 81.6 Å². The van der Waals surface area contributed by atoms with Crippen LogP contribution in [0.25, 0.3) is 0 Å². The number of amides is 3. The van der Waals surface area contributed by atoms with Crippen LogP contribution < -0.4 is 16.0 Å². The third kappa shape index (κ3) is 6.90. The SMILES string of the molecule is CCCC(NC(=O)C1CC2(CN1C)SCCS2)C(O)C(=O)NCC(=O)N[C@H](C)c1ccccc1.